The van der Waals surface area contributed by atoms with Crippen molar-refractivity contribution in [2.75, 3.05) is 4.90 Å². The first-order chi connectivity index (χ1) is 28.7. The first kappa shape index (κ1) is 32.7. The van der Waals surface area contributed by atoms with Gasteiger partial charge in [0.25, 0.3) is 0 Å². The molecule has 0 radical (unpaired) electrons. The quantitative estimate of drug-likeness (QED) is 0.169. The smallest absolute Gasteiger partial charge is 0.227 e. The summed E-state index contributed by atoms with van der Waals surface area (Å²) in [6.07, 6.45) is 0. The number of fused-ring (bicyclic) bond motifs is 9. The third kappa shape index (κ3) is 5.18. The number of para-hydroxylation sites is 2. The molecule has 0 unspecified atom stereocenters. The molecule has 0 atom stereocenters. The molecular formula is C53H33N3OS. The lowest BCUT2D eigenvalue weighted by molar-refractivity contribution is 0.623. The molecule has 4 nitrogen and oxygen atoms in total. The number of hydrogen-bond donors (Lipinski definition) is 0. The predicted molar refractivity (Wildman–Crippen MR) is 244 cm³/mol. The van der Waals surface area contributed by atoms with Crippen LogP contribution in [0.15, 0.2) is 205 Å². The second-order valence-electron chi connectivity index (χ2n) is 14.8. The number of rotatable bonds is 6. The van der Waals surface area contributed by atoms with E-state index in [9.17, 15) is 0 Å². The van der Waals surface area contributed by atoms with Gasteiger partial charge in [0.1, 0.15) is 5.52 Å². The molecule has 0 fully saturated rings. The Bertz CT molecular complexity index is 3510. The van der Waals surface area contributed by atoms with Crippen molar-refractivity contribution < 1.29 is 4.42 Å². The molecule has 9 aromatic carbocycles. The van der Waals surface area contributed by atoms with Crippen LogP contribution in [0.3, 0.4) is 0 Å². The van der Waals surface area contributed by atoms with Crippen LogP contribution in [0.2, 0.25) is 0 Å². The van der Waals surface area contributed by atoms with Crippen LogP contribution in [-0.2, 0) is 0 Å². The van der Waals surface area contributed by atoms with Gasteiger partial charge < -0.3 is 13.9 Å². The molecule has 12 rings (SSSR count). The Morgan fingerprint density at radius 2 is 1.09 bits per heavy atom. The maximum absolute atomic E-state index is 6.42. The molecular weight excluding hydrogens is 727 g/mol. The van der Waals surface area contributed by atoms with Crippen LogP contribution in [0.4, 0.5) is 17.1 Å². The number of aromatic nitrogens is 2. The maximum atomic E-state index is 6.42. The van der Waals surface area contributed by atoms with Gasteiger partial charge in [0.2, 0.25) is 5.89 Å². The molecule has 3 heterocycles. The minimum absolute atomic E-state index is 0.634. The second-order valence-corrected chi connectivity index (χ2v) is 15.8. The van der Waals surface area contributed by atoms with Gasteiger partial charge in [-0.05, 0) is 108 Å². The minimum atomic E-state index is 0.634. The van der Waals surface area contributed by atoms with Crippen molar-refractivity contribution in [2.45, 2.75) is 0 Å². The molecule has 0 N–H and O–H groups in total. The zero-order chi connectivity index (χ0) is 38.2. The molecule has 0 aliphatic rings. The Morgan fingerprint density at radius 1 is 0.431 bits per heavy atom. The van der Waals surface area contributed by atoms with Gasteiger partial charge in [-0.25, -0.2) is 4.98 Å². The molecule has 0 saturated carbocycles. The maximum Gasteiger partial charge on any atom is 0.227 e. The Kier molecular flexibility index (Phi) is 7.37. The van der Waals surface area contributed by atoms with E-state index in [0.717, 1.165) is 61.3 Å². The molecule has 12 aromatic rings. The third-order valence-corrected chi connectivity index (χ3v) is 12.6. The Balaban J connectivity index is 1.01. The number of oxazole rings is 1. The van der Waals surface area contributed by atoms with Crippen LogP contribution in [0.1, 0.15) is 0 Å². The molecule has 0 spiro atoms. The minimum Gasteiger partial charge on any atom is -0.435 e. The summed E-state index contributed by atoms with van der Waals surface area (Å²) in [6.45, 7) is 0. The Labute approximate surface area is 338 Å². The number of anilines is 3. The normalized spacial score (nSPS) is 11.8. The average Bonchev–Trinajstić information content (AvgIpc) is 3.99. The molecule has 0 bridgehead atoms. The summed E-state index contributed by atoms with van der Waals surface area (Å²) in [5.41, 5.74) is 11.7. The van der Waals surface area contributed by atoms with Crippen LogP contribution in [0.5, 0.6) is 0 Å². The van der Waals surface area contributed by atoms with Gasteiger partial charge in [-0.3, -0.25) is 0 Å². The fourth-order valence-electron chi connectivity index (χ4n) is 8.74. The summed E-state index contributed by atoms with van der Waals surface area (Å²) in [5.74, 6) is 0.634. The summed E-state index contributed by atoms with van der Waals surface area (Å²) < 4.78 is 11.4. The lowest BCUT2D eigenvalue weighted by Gasteiger charge is -2.26. The first-order valence-corrected chi connectivity index (χ1v) is 20.4. The summed E-state index contributed by atoms with van der Waals surface area (Å²) >= 11 is 1.85. The van der Waals surface area contributed by atoms with Crippen molar-refractivity contribution in [3.8, 4) is 28.3 Å². The van der Waals surface area contributed by atoms with Crippen molar-refractivity contribution in [1.29, 1.82) is 0 Å². The second kappa shape index (κ2) is 13.1. The molecule has 5 heteroatoms. The van der Waals surface area contributed by atoms with Crippen LogP contribution < -0.4 is 4.90 Å². The van der Waals surface area contributed by atoms with Crippen LogP contribution in [-0.4, -0.2) is 9.55 Å². The average molecular weight is 760 g/mol. The van der Waals surface area contributed by atoms with Gasteiger partial charge in [-0.2, -0.15) is 0 Å². The van der Waals surface area contributed by atoms with Crippen LogP contribution in [0, 0.1) is 0 Å². The largest absolute Gasteiger partial charge is 0.435 e. The lowest BCUT2D eigenvalue weighted by Crippen LogP contribution is -2.09. The number of thiophene rings is 1. The van der Waals surface area contributed by atoms with Crippen molar-refractivity contribution in [3.63, 3.8) is 0 Å². The predicted octanol–water partition coefficient (Wildman–Crippen LogP) is 15.2. The monoisotopic (exact) mass is 759 g/mol. The van der Waals surface area contributed by atoms with E-state index in [1.165, 1.54) is 42.0 Å². The fraction of sp³-hybridized carbons (Fsp3) is 0. The summed E-state index contributed by atoms with van der Waals surface area (Å²) in [6, 6.07) is 71.7. The molecule has 0 aliphatic heterocycles. The summed E-state index contributed by atoms with van der Waals surface area (Å²) in [4.78, 5) is 7.23. The highest BCUT2D eigenvalue weighted by Gasteiger charge is 2.20. The Morgan fingerprint density at radius 3 is 1.93 bits per heavy atom. The van der Waals surface area contributed by atoms with Gasteiger partial charge >= 0.3 is 0 Å². The highest BCUT2D eigenvalue weighted by atomic mass is 32.1. The van der Waals surface area contributed by atoms with Crippen molar-refractivity contribution >= 4 is 92.2 Å². The third-order valence-electron chi connectivity index (χ3n) is 11.4. The van der Waals surface area contributed by atoms with Gasteiger partial charge in [0.05, 0.1) is 11.0 Å². The first-order valence-electron chi connectivity index (χ1n) is 19.5. The molecule has 58 heavy (non-hydrogen) atoms. The van der Waals surface area contributed by atoms with E-state index < -0.39 is 0 Å². The molecule has 272 valence electrons. The van der Waals surface area contributed by atoms with E-state index in [4.69, 9.17) is 9.40 Å². The Hall–Kier alpha value is -7.47. The SMILES string of the molecule is c1ccc(-c2nc3ccc4c(-c5ccc(N(c6ccc7sc8ccccc8c7c6)c6ccc7c(c6)c6ccccc6n7-c6ccccc6)cc5)cccc4c3o2)cc1. The van der Waals surface area contributed by atoms with E-state index in [-0.39, 0.29) is 0 Å². The van der Waals surface area contributed by atoms with E-state index in [0.29, 0.717) is 5.89 Å². The zero-order valence-electron chi connectivity index (χ0n) is 31.2. The highest BCUT2D eigenvalue weighted by molar-refractivity contribution is 7.25. The molecule has 0 aliphatic carbocycles. The number of hydrogen-bond acceptors (Lipinski definition) is 4. The van der Waals surface area contributed by atoms with Gasteiger partial charge in [-0.15, -0.1) is 11.3 Å². The van der Waals surface area contributed by atoms with Gasteiger partial charge in [0.15, 0.2) is 5.58 Å². The van der Waals surface area contributed by atoms with E-state index in [1.807, 2.05) is 41.7 Å². The lowest BCUT2D eigenvalue weighted by atomic mass is 9.97. The summed E-state index contributed by atoms with van der Waals surface area (Å²) in [7, 11) is 0. The van der Waals surface area contributed by atoms with Crippen molar-refractivity contribution in [3.05, 3.63) is 200 Å². The van der Waals surface area contributed by atoms with Crippen LogP contribution >= 0.6 is 11.3 Å². The number of nitrogens with zero attached hydrogens (tertiary/aromatic N) is 3. The van der Waals surface area contributed by atoms with E-state index in [1.54, 1.807) is 0 Å². The molecule has 0 saturated heterocycles. The standard InChI is InChI=1S/C53H33N3OS/c1-3-12-35(13-4-1)53-54-47-29-28-41-40(18-11-19-44(41)52(47)57-53)34-22-24-37(25-23-34)55(39-27-31-51-46(33-39)43-17-8-10-21-50(43)58-51)38-26-30-49-45(32-38)42-16-7-9-20-48(42)56(49)36-14-5-2-6-15-36/h1-33H. The fourth-order valence-corrected chi connectivity index (χ4v) is 9.83. The topological polar surface area (TPSA) is 34.2 Å². The van der Waals surface area contributed by atoms with E-state index >= 15 is 0 Å². The van der Waals surface area contributed by atoms with Gasteiger partial charge in [0, 0.05) is 64.6 Å². The van der Waals surface area contributed by atoms with E-state index in [2.05, 4.69) is 179 Å². The molecule has 3 aromatic heterocycles. The zero-order valence-corrected chi connectivity index (χ0v) is 32.0. The van der Waals surface area contributed by atoms with Gasteiger partial charge in [-0.1, -0.05) is 109 Å². The highest BCUT2D eigenvalue weighted by Crippen LogP contribution is 2.44. The van der Waals surface area contributed by atoms with Crippen molar-refractivity contribution in [1.82, 2.24) is 9.55 Å². The van der Waals surface area contributed by atoms with Crippen LogP contribution in [0.25, 0.3) is 92.1 Å². The number of benzene rings is 9. The molecule has 0 amide bonds. The van der Waals surface area contributed by atoms with Crippen molar-refractivity contribution in [2.24, 2.45) is 0 Å². The summed E-state index contributed by atoms with van der Waals surface area (Å²) in [5, 5.41) is 7.18.